The van der Waals surface area contributed by atoms with Crippen molar-refractivity contribution in [1.82, 2.24) is 19.7 Å². The maximum atomic E-state index is 12.3. The Bertz CT molecular complexity index is 799. The van der Waals surface area contributed by atoms with Crippen LogP contribution in [0.1, 0.15) is 17.2 Å². The highest BCUT2D eigenvalue weighted by molar-refractivity contribution is 6.32. The number of hydrogen-bond acceptors (Lipinski definition) is 5. The first-order valence-corrected chi connectivity index (χ1v) is 7.81. The third-order valence-electron chi connectivity index (χ3n) is 4.04. The molecule has 0 fully saturated rings. The van der Waals surface area contributed by atoms with Crippen molar-refractivity contribution in [2.45, 2.75) is 39.2 Å². The molecule has 0 amide bonds. The van der Waals surface area contributed by atoms with Crippen molar-refractivity contribution in [3.63, 3.8) is 0 Å². The van der Waals surface area contributed by atoms with Gasteiger partial charge in [0, 0.05) is 6.54 Å². The first kappa shape index (κ1) is 17.6. The van der Waals surface area contributed by atoms with Crippen molar-refractivity contribution in [1.29, 1.82) is 0 Å². The van der Waals surface area contributed by atoms with Crippen LogP contribution in [0.5, 0.6) is 5.75 Å². The summed E-state index contributed by atoms with van der Waals surface area (Å²) < 4.78 is 30.7. The van der Waals surface area contributed by atoms with Crippen LogP contribution in [0.2, 0.25) is 5.02 Å². The van der Waals surface area contributed by atoms with Gasteiger partial charge in [-0.15, -0.1) is 10.2 Å². The van der Waals surface area contributed by atoms with Gasteiger partial charge >= 0.3 is 12.6 Å². The summed E-state index contributed by atoms with van der Waals surface area (Å²) in [4.78, 5) is 13.3. The van der Waals surface area contributed by atoms with Crippen LogP contribution >= 0.6 is 11.6 Å². The molecule has 1 aromatic carbocycles. The maximum absolute atomic E-state index is 12.3. The molecule has 1 aromatic heterocycles. The normalized spacial score (nSPS) is 17.6. The SMILES string of the molecule is Cc1nnc2n1CC(C(=O)O)N(Cc1ccc(OC(F)F)c(Cl)c1)C2. The quantitative estimate of drug-likeness (QED) is 0.867. The van der Waals surface area contributed by atoms with Gasteiger partial charge in [0.2, 0.25) is 0 Å². The third kappa shape index (κ3) is 3.72. The highest BCUT2D eigenvalue weighted by atomic mass is 35.5. The van der Waals surface area contributed by atoms with Crippen LogP contribution in [0.4, 0.5) is 8.78 Å². The number of rotatable bonds is 5. The number of carboxylic acid groups (broad SMARTS) is 1. The minimum absolute atomic E-state index is 0.0423. The van der Waals surface area contributed by atoms with Crippen molar-refractivity contribution in [2.75, 3.05) is 0 Å². The Morgan fingerprint density at radius 3 is 2.88 bits per heavy atom. The summed E-state index contributed by atoms with van der Waals surface area (Å²) in [6.07, 6.45) is 0. The second-order valence-electron chi connectivity index (χ2n) is 5.68. The molecule has 25 heavy (non-hydrogen) atoms. The van der Waals surface area contributed by atoms with Crippen molar-refractivity contribution >= 4 is 17.6 Å². The number of ether oxygens (including phenoxy) is 1. The van der Waals surface area contributed by atoms with E-state index in [9.17, 15) is 18.7 Å². The molecule has 0 bridgehead atoms. The molecule has 7 nitrogen and oxygen atoms in total. The Morgan fingerprint density at radius 2 is 2.24 bits per heavy atom. The topological polar surface area (TPSA) is 80.5 Å². The number of halogens is 3. The van der Waals surface area contributed by atoms with Crippen molar-refractivity contribution in [3.05, 3.63) is 40.4 Å². The van der Waals surface area contributed by atoms with E-state index in [1.54, 1.807) is 22.5 Å². The lowest BCUT2D eigenvalue weighted by atomic mass is 10.1. The molecule has 3 rings (SSSR count). The van der Waals surface area contributed by atoms with E-state index in [-0.39, 0.29) is 23.9 Å². The standard InChI is InChI=1S/C15H15ClF2N4O3/c1-8-19-20-13-7-21(11(14(23)24)6-22(8)13)5-9-2-3-12(10(16)4-9)25-15(17)18/h2-4,11,15H,5-7H2,1H3,(H,23,24). The predicted molar refractivity (Wildman–Crippen MR) is 83.5 cm³/mol. The summed E-state index contributed by atoms with van der Waals surface area (Å²) in [5, 5.41) is 17.6. The smallest absolute Gasteiger partial charge is 0.387 e. The zero-order chi connectivity index (χ0) is 18.1. The Balaban J connectivity index is 1.81. The number of aryl methyl sites for hydroxylation is 1. The summed E-state index contributed by atoms with van der Waals surface area (Å²) in [6.45, 7) is -0.366. The fourth-order valence-corrected chi connectivity index (χ4v) is 3.08. The van der Waals surface area contributed by atoms with Crippen LogP contribution in [0.25, 0.3) is 0 Å². The molecule has 2 heterocycles. The largest absolute Gasteiger partial charge is 0.480 e. The molecule has 0 spiro atoms. The zero-order valence-electron chi connectivity index (χ0n) is 13.2. The zero-order valence-corrected chi connectivity index (χ0v) is 14.0. The second kappa shape index (κ2) is 6.93. The number of alkyl halides is 2. The molecule has 0 aliphatic carbocycles. The lowest BCUT2D eigenvalue weighted by molar-refractivity contribution is -0.145. The van der Waals surface area contributed by atoms with Gasteiger partial charge in [0.05, 0.1) is 18.1 Å². The molecule has 1 unspecified atom stereocenters. The minimum atomic E-state index is -2.96. The van der Waals surface area contributed by atoms with E-state index < -0.39 is 18.6 Å². The van der Waals surface area contributed by atoms with Crippen LogP contribution in [0.3, 0.4) is 0 Å². The second-order valence-corrected chi connectivity index (χ2v) is 6.08. The van der Waals surface area contributed by atoms with Gasteiger partial charge in [-0.1, -0.05) is 17.7 Å². The van der Waals surface area contributed by atoms with Crippen molar-refractivity contribution in [2.24, 2.45) is 0 Å². The average Bonchev–Trinajstić information content (AvgIpc) is 2.89. The summed E-state index contributed by atoms with van der Waals surface area (Å²) in [7, 11) is 0. The molecule has 1 aliphatic rings. The molecule has 0 saturated carbocycles. The van der Waals surface area contributed by atoms with Crippen molar-refractivity contribution < 1.29 is 23.4 Å². The number of carboxylic acids is 1. The fourth-order valence-electron chi connectivity index (χ4n) is 2.83. The lowest BCUT2D eigenvalue weighted by Gasteiger charge is -2.33. The summed E-state index contributed by atoms with van der Waals surface area (Å²) in [5.74, 6) is 0.267. The number of fused-ring (bicyclic) bond motifs is 1. The van der Waals surface area contributed by atoms with Crippen LogP contribution in [0, 0.1) is 6.92 Å². The van der Waals surface area contributed by atoms with Crippen LogP contribution in [-0.4, -0.2) is 43.4 Å². The van der Waals surface area contributed by atoms with Gasteiger partial charge in [-0.05, 0) is 24.6 Å². The maximum Gasteiger partial charge on any atom is 0.387 e. The Hall–Kier alpha value is -2.26. The van der Waals surface area contributed by atoms with Gasteiger partial charge in [-0.3, -0.25) is 9.69 Å². The average molecular weight is 373 g/mol. The number of aromatic nitrogens is 3. The number of hydrogen-bond donors (Lipinski definition) is 1. The van der Waals surface area contributed by atoms with E-state index in [4.69, 9.17) is 11.6 Å². The first-order valence-electron chi connectivity index (χ1n) is 7.44. The van der Waals surface area contributed by atoms with E-state index >= 15 is 0 Å². The summed E-state index contributed by atoms with van der Waals surface area (Å²) >= 11 is 5.95. The Kier molecular flexibility index (Phi) is 4.87. The minimum Gasteiger partial charge on any atom is -0.480 e. The number of benzene rings is 1. The van der Waals surface area contributed by atoms with Gasteiger partial charge in [-0.25, -0.2) is 0 Å². The Morgan fingerprint density at radius 1 is 1.48 bits per heavy atom. The van der Waals surface area contributed by atoms with E-state index in [2.05, 4.69) is 14.9 Å². The first-order chi connectivity index (χ1) is 11.8. The predicted octanol–water partition coefficient (Wildman–Crippen LogP) is 2.31. The molecule has 10 heteroatoms. The summed E-state index contributed by atoms with van der Waals surface area (Å²) in [6, 6.07) is 3.66. The van der Waals surface area contributed by atoms with Gasteiger partial charge in [0.15, 0.2) is 0 Å². The highest BCUT2D eigenvalue weighted by Gasteiger charge is 2.33. The van der Waals surface area contributed by atoms with E-state index in [0.29, 0.717) is 23.8 Å². The van der Waals surface area contributed by atoms with Crippen molar-refractivity contribution in [3.8, 4) is 5.75 Å². The number of carbonyl (C=O) groups is 1. The lowest BCUT2D eigenvalue weighted by Crippen LogP contribution is -2.47. The van der Waals surface area contributed by atoms with Crippen LogP contribution in [0.15, 0.2) is 18.2 Å². The molecule has 134 valence electrons. The van der Waals surface area contributed by atoms with Crippen LogP contribution < -0.4 is 4.74 Å². The highest BCUT2D eigenvalue weighted by Crippen LogP contribution is 2.28. The molecule has 1 atom stereocenters. The molecular weight excluding hydrogens is 358 g/mol. The molecular formula is C15H15ClF2N4O3. The molecule has 0 radical (unpaired) electrons. The fraction of sp³-hybridized carbons (Fsp3) is 0.400. The molecule has 1 N–H and O–H groups in total. The van der Waals surface area contributed by atoms with Gasteiger partial charge in [0.25, 0.3) is 0 Å². The van der Waals surface area contributed by atoms with Gasteiger partial charge in [0.1, 0.15) is 23.4 Å². The Labute approximate surface area is 146 Å². The summed E-state index contributed by atoms with van der Waals surface area (Å²) in [5.41, 5.74) is 0.683. The van der Waals surface area contributed by atoms with E-state index in [0.717, 1.165) is 0 Å². The third-order valence-corrected chi connectivity index (χ3v) is 4.33. The molecule has 2 aromatic rings. The van der Waals surface area contributed by atoms with Gasteiger partial charge in [-0.2, -0.15) is 8.78 Å². The molecule has 1 aliphatic heterocycles. The van der Waals surface area contributed by atoms with E-state index in [1.807, 2.05) is 0 Å². The molecule has 0 saturated heterocycles. The van der Waals surface area contributed by atoms with Gasteiger partial charge < -0.3 is 14.4 Å². The monoisotopic (exact) mass is 372 g/mol. The van der Waals surface area contributed by atoms with E-state index in [1.165, 1.54) is 12.1 Å². The number of nitrogens with zero attached hydrogens (tertiary/aromatic N) is 4. The van der Waals surface area contributed by atoms with Crippen LogP contribution in [-0.2, 0) is 24.4 Å². The number of aliphatic carboxylic acids is 1.